The van der Waals surface area contributed by atoms with Crippen LogP contribution in [0.4, 0.5) is 0 Å². The summed E-state index contributed by atoms with van der Waals surface area (Å²) in [7, 11) is 1.88. The second-order valence-electron chi connectivity index (χ2n) is 4.96. The minimum Gasteiger partial charge on any atom is -0.389 e. The van der Waals surface area contributed by atoms with Crippen molar-refractivity contribution in [2.24, 2.45) is 7.05 Å². The Labute approximate surface area is 116 Å². The summed E-state index contributed by atoms with van der Waals surface area (Å²) in [5, 5.41) is 14.7. The van der Waals surface area contributed by atoms with E-state index in [2.05, 4.69) is 21.0 Å². The molecule has 0 saturated heterocycles. The normalized spacial score (nSPS) is 14.4. The Bertz CT molecular complexity index is 517. The third kappa shape index (κ3) is 3.68. The van der Waals surface area contributed by atoms with Gasteiger partial charge in [0, 0.05) is 30.6 Å². The van der Waals surface area contributed by atoms with Crippen LogP contribution in [0.5, 0.6) is 0 Å². The molecule has 2 aromatic rings. The van der Waals surface area contributed by atoms with Gasteiger partial charge in [-0.3, -0.25) is 4.68 Å². The SMILES string of the molecule is Cn1ccc(CC(C)(O)Cc2ccc(Br)cc2)n1. The van der Waals surface area contributed by atoms with Crippen LogP contribution in [0, 0.1) is 0 Å². The predicted molar refractivity (Wildman–Crippen MR) is 75.4 cm³/mol. The molecule has 0 bridgehead atoms. The number of rotatable bonds is 4. The molecule has 0 radical (unpaired) electrons. The maximum atomic E-state index is 10.4. The topological polar surface area (TPSA) is 38.0 Å². The molecule has 0 aliphatic carbocycles. The van der Waals surface area contributed by atoms with Crippen LogP contribution in [0.15, 0.2) is 41.0 Å². The van der Waals surface area contributed by atoms with E-state index in [0.29, 0.717) is 12.8 Å². The van der Waals surface area contributed by atoms with Crippen molar-refractivity contribution in [2.45, 2.75) is 25.4 Å². The molecular formula is C14H17BrN2O. The van der Waals surface area contributed by atoms with Crippen LogP contribution in [-0.2, 0) is 19.9 Å². The van der Waals surface area contributed by atoms with E-state index in [9.17, 15) is 5.11 Å². The van der Waals surface area contributed by atoms with Gasteiger partial charge in [-0.05, 0) is 30.7 Å². The first kappa shape index (κ1) is 13.3. The molecule has 2 rings (SSSR count). The standard InChI is InChI=1S/C14H17BrN2O/c1-14(18,10-13-7-8-17(2)16-13)9-11-3-5-12(15)6-4-11/h3-8,18H,9-10H2,1-2H3. The van der Waals surface area contributed by atoms with Crippen molar-refractivity contribution in [1.29, 1.82) is 0 Å². The minimum absolute atomic E-state index is 0.559. The summed E-state index contributed by atoms with van der Waals surface area (Å²) in [6, 6.07) is 9.97. The first-order chi connectivity index (χ1) is 8.44. The number of aromatic nitrogens is 2. The van der Waals surface area contributed by atoms with Gasteiger partial charge in [-0.25, -0.2) is 0 Å². The number of aryl methyl sites for hydroxylation is 1. The molecule has 0 spiro atoms. The Morgan fingerprint density at radius 1 is 1.22 bits per heavy atom. The van der Waals surface area contributed by atoms with Gasteiger partial charge >= 0.3 is 0 Å². The van der Waals surface area contributed by atoms with E-state index in [4.69, 9.17) is 0 Å². The van der Waals surface area contributed by atoms with E-state index in [0.717, 1.165) is 15.7 Å². The number of benzene rings is 1. The van der Waals surface area contributed by atoms with Gasteiger partial charge in [0.25, 0.3) is 0 Å². The summed E-state index contributed by atoms with van der Waals surface area (Å²) in [4.78, 5) is 0. The maximum Gasteiger partial charge on any atom is 0.0715 e. The molecule has 0 aliphatic heterocycles. The molecule has 1 heterocycles. The first-order valence-corrected chi connectivity index (χ1v) is 6.69. The van der Waals surface area contributed by atoms with E-state index in [1.165, 1.54) is 0 Å². The van der Waals surface area contributed by atoms with E-state index < -0.39 is 5.60 Å². The maximum absolute atomic E-state index is 10.4. The average Bonchev–Trinajstić information content (AvgIpc) is 2.66. The second-order valence-corrected chi connectivity index (χ2v) is 5.87. The van der Waals surface area contributed by atoms with Crippen LogP contribution in [0.25, 0.3) is 0 Å². The van der Waals surface area contributed by atoms with Crippen molar-refractivity contribution >= 4 is 15.9 Å². The summed E-state index contributed by atoms with van der Waals surface area (Å²) in [5.41, 5.74) is 1.26. The fourth-order valence-corrected chi connectivity index (χ4v) is 2.32. The molecule has 1 unspecified atom stereocenters. The highest BCUT2D eigenvalue weighted by Gasteiger charge is 2.22. The van der Waals surface area contributed by atoms with E-state index >= 15 is 0 Å². The molecule has 0 amide bonds. The highest BCUT2D eigenvalue weighted by atomic mass is 79.9. The fourth-order valence-electron chi connectivity index (χ4n) is 2.05. The van der Waals surface area contributed by atoms with Crippen molar-refractivity contribution in [3.63, 3.8) is 0 Å². The monoisotopic (exact) mass is 308 g/mol. The lowest BCUT2D eigenvalue weighted by Gasteiger charge is -2.22. The third-order valence-electron chi connectivity index (χ3n) is 2.83. The van der Waals surface area contributed by atoms with Crippen LogP contribution in [0.1, 0.15) is 18.2 Å². The Balaban J connectivity index is 2.04. The number of hydrogen-bond donors (Lipinski definition) is 1. The summed E-state index contributed by atoms with van der Waals surface area (Å²) in [6.07, 6.45) is 3.08. The van der Waals surface area contributed by atoms with Gasteiger partial charge in [-0.2, -0.15) is 5.10 Å². The van der Waals surface area contributed by atoms with E-state index in [1.807, 2.05) is 50.5 Å². The van der Waals surface area contributed by atoms with Crippen molar-refractivity contribution < 1.29 is 5.11 Å². The number of halogens is 1. The number of hydrogen-bond acceptors (Lipinski definition) is 2. The van der Waals surface area contributed by atoms with Gasteiger partial charge in [0.1, 0.15) is 0 Å². The first-order valence-electron chi connectivity index (χ1n) is 5.90. The Morgan fingerprint density at radius 2 is 1.89 bits per heavy atom. The van der Waals surface area contributed by atoms with Crippen molar-refractivity contribution in [3.8, 4) is 0 Å². The van der Waals surface area contributed by atoms with Crippen LogP contribution >= 0.6 is 15.9 Å². The largest absolute Gasteiger partial charge is 0.389 e. The fraction of sp³-hybridized carbons (Fsp3) is 0.357. The smallest absolute Gasteiger partial charge is 0.0715 e. The zero-order valence-corrected chi connectivity index (χ0v) is 12.2. The van der Waals surface area contributed by atoms with Crippen LogP contribution in [-0.4, -0.2) is 20.5 Å². The van der Waals surface area contributed by atoms with Crippen LogP contribution < -0.4 is 0 Å². The summed E-state index contributed by atoms with van der Waals surface area (Å²) in [6.45, 7) is 1.85. The highest BCUT2D eigenvalue weighted by molar-refractivity contribution is 9.10. The predicted octanol–water partition coefficient (Wildman–Crippen LogP) is 2.72. The Kier molecular flexibility index (Phi) is 3.88. The van der Waals surface area contributed by atoms with Gasteiger partial charge < -0.3 is 5.11 Å². The van der Waals surface area contributed by atoms with Crippen molar-refractivity contribution in [1.82, 2.24) is 9.78 Å². The quantitative estimate of drug-likeness (QED) is 0.943. The molecule has 1 aromatic carbocycles. The molecule has 1 atom stereocenters. The lowest BCUT2D eigenvalue weighted by Crippen LogP contribution is -2.30. The van der Waals surface area contributed by atoms with Gasteiger partial charge in [-0.1, -0.05) is 28.1 Å². The molecule has 0 aliphatic rings. The number of aliphatic hydroxyl groups is 1. The molecule has 96 valence electrons. The molecule has 0 fully saturated rings. The Hall–Kier alpha value is -1.13. The second kappa shape index (κ2) is 5.24. The van der Waals surface area contributed by atoms with Crippen LogP contribution in [0.3, 0.4) is 0 Å². The molecule has 1 N–H and O–H groups in total. The summed E-state index contributed by atoms with van der Waals surface area (Å²) < 4.78 is 2.81. The summed E-state index contributed by atoms with van der Waals surface area (Å²) >= 11 is 3.41. The highest BCUT2D eigenvalue weighted by Crippen LogP contribution is 2.19. The van der Waals surface area contributed by atoms with Gasteiger partial charge in [0.2, 0.25) is 0 Å². The van der Waals surface area contributed by atoms with E-state index in [-0.39, 0.29) is 0 Å². The van der Waals surface area contributed by atoms with Gasteiger partial charge in [-0.15, -0.1) is 0 Å². The zero-order chi connectivity index (χ0) is 13.2. The van der Waals surface area contributed by atoms with E-state index in [1.54, 1.807) is 4.68 Å². The lowest BCUT2D eigenvalue weighted by molar-refractivity contribution is 0.0597. The molecule has 18 heavy (non-hydrogen) atoms. The molecule has 0 saturated carbocycles. The average molecular weight is 309 g/mol. The Morgan fingerprint density at radius 3 is 2.44 bits per heavy atom. The third-order valence-corrected chi connectivity index (χ3v) is 3.36. The number of nitrogens with zero attached hydrogens (tertiary/aromatic N) is 2. The van der Waals surface area contributed by atoms with Crippen LogP contribution in [0.2, 0.25) is 0 Å². The van der Waals surface area contributed by atoms with Gasteiger partial charge in [0.15, 0.2) is 0 Å². The molecule has 1 aromatic heterocycles. The molecular weight excluding hydrogens is 292 g/mol. The van der Waals surface area contributed by atoms with Crippen molar-refractivity contribution in [3.05, 3.63) is 52.3 Å². The summed E-state index contributed by atoms with van der Waals surface area (Å²) in [5.74, 6) is 0. The molecule has 4 heteroatoms. The lowest BCUT2D eigenvalue weighted by atomic mass is 9.92. The zero-order valence-electron chi connectivity index (χ0n) is 10.6. The van der Waals surface area contributed by atoms with Gasteiger partial charge in [0.05, 0.1) is 11.3 Å². The minimum atomic E-state index is -0.776. The molecule has 3 nitrogen and oxygen atoms in total. The van der Waals surface area contributed by atoms with Crippen molar-refractivity contribution in [2.75, 3.05) is 0 Å².